The Labute approximate surface area is 86.3 Å². The van der Waals surface area contributed by atoms with Crippen molar-refractivity contribution in [3.63, 3.8) is 0 Å². The van der Waals surface area contributed by atoms with Gasteiger partial charge in [0.1, 0.15) is 0 Å². The lowest BCUT2D eigenvalue weighted by molar-refractivity contribution is 0.205. The molecule has 0 unspecified atom stereocenters. The van der Waals surface area contributed by atoms with Crippen LogP contribution in [0, 0.1) is 11.3 Å². The van der Waals surface area contributed by atoms with Gasteiger partial charge in [-0.1, -0.05) is 0 Å². The smallest absolute Gasteiger partial charge is 0.0459 e. The second kappa shape index (κ2) is 4.17. The molecule has 2 atom stereocenters. The zero-order valence-electron chi connectivity index (χ0n) is 8.91. The zero-order chi connectivity index (χ0) is 10.0. The van der Waals surface area contributed by atoms with Crippen LogP contribution in [0.1, 0.15) is 25.7 Å². The fourth-order valence-electron chi connectivity index (χ4n) is 3.25. The molecule has 1 saturated carbocycles. The van der Waals surface area contributed by atoms with Crippen molar-refractivity contribution in [2.24, 2.45) is 17.1 Å². The van der Waals surface area contributed by atoms with Crippen molar-refractivity contribution in [2.45, 2.75) is 25.7 Å². The van der Waals surface area contributed by atoms with Crippen LogP contribution in [-0.2, 0) is 0 Å². The molecule has 3 heteroatoms. The minimum absolute atomic E-state index is 0.388. The molecule has 1 saturated heterocycles. The molecular weight excluding hydrogens is 176 g/mol. The topological polar surface area (TPSA) is 49.5 Å². The first-order chi connectivity index (χ1) is 6.78. The first-order valence-corrected chi connectivity index (χ1v) is 5.81. The van der Waals surface area contributed by atoms with E-state index in [1.165, 1.54) is 38.8 Å². The standard InChI is InChI=1S/C11H22N2O/c12-4-6-13-5-3-11(9-13)2-1-10(7-11)8-14/h10,14H,1-9,12H2/t10-,11+/m1/s1. The molecule has 14 heavy (non-hydrogen) atoms. The van der Waals surface area contributed by atoms with Crippen LogP contribution >= 0.6 is 0 Å². The minimum Gasteiger partial charge on any atom is -0.396 e. The SMILES string of the molecule is NCCN1CC[C@]2(CC[C@@H](CO)C2)C1. The lowest BCUT2D eigenvalue weighted by Crippen LogP contribution is -2.30. The average Bonchev–Trinajstić information content (AvgIpc) is 2.76. The summed E-state index contributed by atoms with van der Waals surface area (Å²) in [5, 5.41) is 9.15. The Balaban J connectivity index is 1.87. The van der Waals surface area contributed by atoms with Gasteiger partial charge in [0.15, 0.2) is 0 Å². The van der Waals surface area contributed by atoms with Crippen LogP contribution in [0.4, 0.5) is 0 Å². The van der Waals surface area contributed by atoms with E-state index in [1.807, 2.05) is 0 Å². The van der Waals surface area contributed by atoms with Crippen LogP contribution in [0.25, 0.3) is 0 Å². The van der Waals surface area contributed by atoms with E-state index < -0.39 is 0 Å². The lowest BCUT2D eigenvalue weighted by atomic mass is 9.84. The number of likely N-dealkylation sites (tertiary alicyclic amines) is 1. The van der Waals surface area contributed by atoms with Crippen LogP contribution in [0.2, 0.25) is 0 Å². The summed E-state index contributed by atoms with van der Waals surface area (Å²) in [5.41, 5.74) is 6.11. The highest BCUT2D eigenvalue weighted by atomic mass is 16.3. The van der Waals surface area contributed by atoms with Gasteiger partial charge in [0.2, 0.25) is 0 Å². The van der Waals surface area contributed by atoms with Gasteiger partial charge in [0.25, 0.3) is 0 Å². The summed E-state index contributed by atoms with van der Waals surface area (Å²) in [6.45, 7) is 4.65. The molecule has 1 aliphatic carbocycles. The number of aliphatic hydroxyl groups is 1. The number of rotatable bonds is 3. The molecule has 0 bridgehead atoms. The molecular formula is C11H22N2O. The van der Waals surface area contributed by atoms with Gasteiger partial charge in [-0.05, 0) is 43.6 Å². The van der Waals surface area contributed by atoms with E-state index in [2.05, 4.69) is 4.90 Å². The molecule has 0 aromatic carbocycles. The second-order valence-electron chi connectivity index (χ2n) is 5.11. The van der Waals surface area contributed by atoms with Gasteiger partial charge >= 0.3 is 0 Å². The number of nitrogens with two attached hydrogens (primary N) is 1. The summed E-state index contributed by atoms with van der Waals surface area (Å²) >= 11 is 0. The van der Waals surface area contributed by atoms with Crippen molar-refractivity contribution in [3.05, 3.63) is 0 Å². The summed E-state index contributed by atoms with van der Waals surface area (Å²) in [6, 6.07) is 0. The summed E-state index contributed by atoms with van der Waals surface area (Å²) in [6.07, 6.45) is 5.11. The van der Waals surface area contributed by atoms with Crippen LogP contribution in [-0.4, -0.2) is 42.8 Å². The van der Waals surface area contributed by atoms with Crippen molar-refractivity contribution in [1.29, 1.82) is 0 Å². The average molecular weight is 198 g/mol. The summed E-state index contributed by atoms with van der Waals surface area (Å²) < 4.78 is 0. The zero-order valence-corrected chi connectivity index (χ0v) is 8.91. The normalized spacial score (nSPS) is 38.6. The van der Waals surface area contributed by atoms with E-state index in [-0.39, 0.29) is 0 Å². The summed E-state index contributed by atoms with van der Waals surface area (Å²) in [5.74, 6) is 0.577. The Kier molecular flexibility index (Phi) is 3.10. The van der Waals surface area contributed by atoms with Gasteiger partial charge in [-0.15, -0.1) is 0 Å². The molecule has 1 aliphatic heterocycles. The number of aliphatic hydroxyl groups excluding tert-OH is 1. The highest BCUT2D eigenvalue weighted by Gasteiger charge is 2.43. The van der Waals surface area contributed by atoms with E-state index in [0.717, 1.165) is 13.1 Å². The Morgan fingerprint density at radius 1 is 1.43 bits per heavy atom. The van der Waals surface area contributed by atoms with E-state index in [0.29, 0.717) is 17.9 Å². The molecule has 1 spiro atoms. The maximum atomic E-state index is 9.15. The lowest BCUT2D eigenvalue weighted by Gasteiger charge is -2.24. The van der Waals surface area contributed by atoms with Gasteiger partial charge in [-0.2, -0.15) is 0 Å². The first-order valence-electron chi connectivity index (χ1n) is 5.81. The molecule has 82 valence electrons. The molecule has 2 aliphatic rings. The molecule has 2 rings (SSSR count). The minimum atomic E-state index is 0.388. The third-order valence-electron chi connectivity index (χ3n) is 4.03. The Hall–Kier alpha value is -0.120. The molecule has 0 amide bonds. The summed E-state index contributed by atoms with van der Waals surface area (Å²) in [4.78, 5) is 2.49. The van der Waals surface area contributed by atoms with Crippen molar-refractivity contribution in [3.8, 4) is 0 Å². The summed E-state index contributed by atoms with van der Waals surface area (Å²) in [7, 11) is 0. The van der Waals surface area contributed by atoms with Gasteiger partial charge in [-0.3, -0.25) is 0 Å². The Morgan fingerprint density at radius 2 is 2.29 bits per heavy atom. The third-order valence-corrected chi connectivity index (χ3v) is 4.03. The van der Waals surface area contributed by atoms with Crippen molar-refractivity contribution < 1.29 is 5.11 Å². The quantitative estimate of drug-likeness (QED) is 0.691. The Bertz CT molecular complexity index is 198. The van der Waals surface area contributed by atoms with Gasteiger partial charge < -0.3 is 15.7 Å². The molecule has 2 fully saturated rings. The maximum Gasteiger partial charge on any atom is 0.0459 e. The predicted octanol–water partition coefficient (Wildman–Crippen LogP) is 0.430. The first kappa shape index (κ1) is 10.4. The monoisotopic (exact) mass is 198 g/mol. The fraction of sp³-hybridized carbons (Fsp3) is 1.00. The number of nitrogens with zero attached hydrogens (tertiary/aromatic N) is 1. The molecule has 1 heterocycles. The second-order valence-corrected chi connectivity index (χ2v) is 5.11. The van der Waals surface area contributed by atoms with Crippen LogP contribution < -0.4 is 5.73 Å². The number of hydrogen-bond donors (Lipinski definition) is 2. The van der Waals surface area contributed by atoms with Gasteiger partial charge in [0.05, 0.1) is 0 Å². The molecule has 0 aromatic heterocycles. The van der Waals surface area contributed by atoms with E-state index in [4.69, 9.17) is 10.8 Å². The van der Waals surface area contributed by atoms with Crippen molar-refractivity contribution in [2.75, 3.05) is 32.8 Å². The predicted molar refractivity (Wildman–Crippen MR) is 57.0 cm³/mol. The van der Waals surface area contributed by atoms with Crippen molar-refractivity contribution >= 4 is 0 Å². The van der Waals surface area contributed by atoms with E-state index in [1.54, 1.807) is 0 Å². The molecule has 0 aromatic rings. The number of hydrogen-bond acceptors (Lipinski definition) is 3. The van der Waals surface area contributed by atoms with E-state index in [9.17, 15) is 0 Å². The molecule has 3 N–H and O–H groups in total. The highest BCUT2D eigenvalue weighted by molar-refractivity contribution is 4.95. The molecule has 0 radical (unpaired) electrons. The largest absolute Gasteiger partial charge is 0.396 e. The van der Waals surface area contributed by atoms with Crippen LogP contribution in [0.3, 0.4) is 0 Å². The van der Waals surface area contributed by atoms with Crippen LogP contribution in [0.15, 0.2) is 0 Å². The Morgan fingerprint density at radius 3 is 2.93 bits per heavy atom. The molecule has 3 nitrogen and oxygen atoms in total. The third kappa shape index (κ3) is 1.95. The van der Waals surface area contributed by atoms with Crippen molar-refractivity contribution in [1.82, 2.24) is 4.90 Å². The van der Waals surface area contributed by atoms with Gasteiger partial charge in [-0.25, -0.2) is 0 Å². The van der Waals surface area contributed by atoms with Gasteiger partial charge in [0, 0.05) is 26.2 Å². The highest BCUT2D eigenvalue weighted by Crippen LogP contribution is 2.47. The fourth-order valence-corrected chi connectivity index (χ4v) is 3.25. The maximum absolute atomic E-state index is 9.15. The van der Waals surface area contributed by atoms with Crippen LogP contribution in [0.5, 0.6) is 0 Å². The van der Waals surface area contributed by atoms with E-state index >= 15 is 0 Å².